The number of nitrogens with two attached hydrogens (primary N) is 1. The molecule has 0 aliphatic heterocycles. The summed E-state index contributed by atoms with van der Waals surface area (Å²) in [7, 11) is 1.76. The van der Waals surface area contributed by atoms with E-state index in [0.29, 0.717) is 18.9 Å². The molecule has 0 radical (unpaired) electrons. The third-order valence-electron chi connectivity index (χ3n) is 2.42. The van der Waals surface area contributed by atoms with Crippen LogP contribution in [0.2, 0.25) is 0 Å². The summed E-state index contributed by atoms with van der Waals surface area (Å²) in [6, 6.07) is 1.44. The summed E-state index contributed by atoms with van der Waals surface area (Å²) in [4.78, 5) is 13.5. The number of hydrogen-bond acceptors (Lipinski definition) is 3. The van der Waals surface area contributed by atoms with Gasteiger partial charge in [-0.2, -0.15) is 0 Å². The number of amides is 1. The predicted molar refractivity (Wildman–Crippen MR) is 62.6 cm³/mol. The molecule has 1 aromatic rings. The van der Waals surface area contributed by atoms with Crippen molar-refractivity contribution in [3.63, 3.8) is 0 Å². The first-order chi connectivity index (χ1) is 7.50. The van der Waals surface area contributed by atoms with Crippen molar-refractivity contribution in [2.45, 2.75) is 32.9 Å². The van der Waals surface area contributed by atoms with Gasteiger partial charge in [0.15, 0.2) is 0 Å². The fourth-order valence-corrected chi connectivity index (χ4v) is 1.63. The van der Waals surface area contributed by atoms with Gasteiger partial charge in [-0.05, 0) is 18.4 Å². The van der Waals surface area contributed by atoms with E-state index < -0.39 is 6.04 Å². The summed E-state index contributed by atoms with van der Waals surface area (Å²) < 4.78 is 4.95. The number of carbonyl (C=O) groups excluding carboxylic acids is 1. The second-order valence-electron chi connectivity index (χ2n) is 4.56. The van der Waals surface area contributed by atoms with Crippen molar-refractivity contribution >= 4 is 5.91 Å². The lowest BCUT2D eigenvalue weighted by Gasteiger charge is -2.21. The van der Waals surface area contributed by atoms with E-state index in [1.54, 1.807) is 24.5 Å². The molecular formula is C12H20N2O2. The molecule has 0 spiro atoms. The molecule has 1 amide bonds. The molecule has 0 aliphatic carbocycles. The molecule has 4 nitrogen and oxygen atoms in total. The topological polar surface area (TPSA) is 59.5 Å². The zero-order valence-corrected chi connectivity index (χ0v) is 10.1. The van der Waals surface area contributed by atoms with Crippen LogP contribution in [0.1, 0.15) is 25.8 Å². The van der Waals surface area contributed by atoms with E-state index in [2.05, 4.69) is 13.8 Å². The molecule has 1 atom stereocenters. The molecule has 2 N–H and O–H groups in total. The third kappa shape index (κ3) is 3.70. The van der Waals surface area contributed by atoms with Crippen molar-refractivity contribution in [1.29, 1.82) is 0 Å². The van der Waals surface area contributed by atoms with Crippen LogP contribution in [-0.4, -0.2) is 23.9 Å². The van der Waals surface area contributed by atoms with Crippen LogP contribution in [0.25, 0.3) is 0 Å². The number of hydrogen-bond donors (Lipinski definition) is 1. The summed E-state index contributed by atoms with van der Waals surface area (Å²) in [6.45, 7) is 4.66. The maximum atomic E-state index is 11.9. The van der Waals surface area contributed by atoms with Gasteiger partial charge in [0.05, 0.1) is 18.6 Å². The maximum absolute atomic E-state index is 11.9. The molecule has 0 aliphatic rings. The van der Waals surface area contributed by atoms with Crippen LogP contribution in [0.15, 0.2) is 23.0 Å². The number of rotatable bonds is 5. The molecular weight excluding hydrogens is 204 g/mol. The summed E-state index contributed by atoms with van der Waals surface area (Å²) in [6.07, 6.45) is 3.95. The molecule has 4 heteroatoms. The molecule has 0 saturated heterocycles. The van der Waals surface area contributed by atoms with Crippen LogP contribution in [0.4, 0.5) is 0 Å². The average molecular weight is 224 g/mol. The smallest absolute Gasteiger partial charge is 0.239 e. The van der Waals surface area contributed by atoms with Gasteiger partial charge in [0.2, 0.25) is 5.91 Å². The molecule has 0 saturated carbocycles. The first-order valence-corrected chi connectivity index (χ1v) is 5.52. The molecule has 0 fully saturated rings. The predicted octanol–water partition coefficient (Wildman–Crippen LogP) is 1.61. The van der Waals surface area contributed by atoms with Gasteiger partial charge >= 0.3 is 0 Å². The SMILES string of the molecule is CC(C)C[C@@H](N)C(=O)N(C)Cc1ccoc1. The summed E-state index contributed by atoms with van der Waals surface area (Å²) in [5.74, 6) is 0.413. The van der Waals surface area contributed by atoms with E-state index in [0.717, 1.165) is 5.56 Å². The second kappa shape index (κ2) is 5.70. The molecule has 1 heterocycles. The Morgan fingerprint density at radius 3 is 2.75 bits per heavy atom. The Bertz CT molecular complexity index is 320. The first-order valence-electron chi connectivity index (χ1n) is 5.52. The summed E-state index contributed by atoms with van der Waals surface area (Å²) in [5, 5.41) is 0. The van der Waals surface area contributed by atoms with Gasteiger partial charge < -0.3 is 15.1 Å². The summed E-state index contributed by atoms with van der Waals surface area (Å²) >= 11 is 0. The van der Waals surface area contributed by atoms with E-state index in [-0.39, 0.29) is 5.91 Å². The van der Waals surface area contributed by atoms with Crippen LogP contribution >= 0.6 is 0 Å². The van der Waals surface area contributed by atoms with Crippen molar-refractivity contribution in [2.75, 3.05) is 7.05 Å². The summed E-state index contributed by atoms with van der Waals surface area (Å²) in [5.41, 5.74) is 6.81. The monoisotopic (exact) mass is 224 g/mol. The maximum Gasteiger partial charge on any atom is 0.239 e. The minimum atomic E-state index is -0.406. The first kappa shape index (κ1) is 12.8. The Balaban J connectivity index is 2.47. The Morgan fingerprint density at radius 1 is 1.56 bits per heavy atom. The fraction of sp³-hybridized carbons (Fsp3) is 0.583. The van der Waals surface area contributed by atoms with E-state index in [1.165, 1.54) is 0 Å². The Morgan fingerprint density at radius 2 is 2.25 bits per heavy atom. The second-order valence-corrected chi connectivity index (χ2v) is 4.56. The number of carbonyl (C=O) groups is 1. The van der Waals surface area contributed by atoms with Crippen molar-refractivity contribution < 1.29 is 9.21 Å². The van der Waals surface area contributed by atoms with Crippen molar-refractivity contribution in [1.82, 2.24) is 4.90 Å². The third-order valence-corrected chi connectivity index (χ3v) is 2.42. The fourth-order valence-electron chi connectivity index (χ4n) is 1.63. The number of nitrogens with zero attached hydrogens (tertiary/aromatic N) is 1. The number of likely N-dealkylation sites (N-methyl/N-ethyl adjacent to an activating group) is 1. The Kier molecular flexibility index (Phi) is 4.55. The lowest BCUT2D eigenvalue weighted by molar-refractivity contribution is -0.132. The van der Waals surface area contributed by atoms with Crippen molar-refractivity contribution in [3.8, 4) is 0 Å². The molecule has 90 valence electrons. The molecule has 16 heavy (non-hydrogen) atoms. The zero-order valence-electron chi connectivity index (χ0n) is 10.1. The largest absolute Gasteiger partial charge is 0.472 e. The van der Waals surface area contributed by atoms with Crippen LogP contribution in [0.3, 0.4) is 0 Å². The quantitative estimate of drug-likeness (QED) is 0.826. The van der Waals surface area contributed by atoms with Crippen molar-refractivity contribution in [2.24, 2.45) is 11.7 Å². The Hall–Kier alpha value is -1.29. The highest BCUT2D eigenvalue weighted by Crippen LogP contribution is 2.08. The van der Waals surface area contributed by atoms with Gasteiger partial charge in [0, 0.05) is 19.2 Å². The van der Waals surface area contributed by atoms with E-state index in [4.69, 9.17) is 10.2 Å². The normalized spacial score (nSPS) is 12.8. The standard InChI is InChI=1S/C12H20N2O2/c1-9(2)6-11(13)12(15)14(3)7-10-4-5-16-8-10/h4-5,8-9,11H,6-7,13H2,1-3H3/t11-/m1/s1. The van der Waals surface area contributed by atoms with Gasteiger partial charge in [0.1, 0.15) is 0 Å². The van der Waals surface area contributed by atoms with Gasteiger partial charge in [-0.25, -0.2) is 0 Å². The molecule has 0 unspecified atom stereocenters. The minimum absolute atomic E-state index is 0.0186. The highest BCUT2D eigenvalue weighted by molar-refractivity contribution is 5.81. The molecule has 0 bridgehead atoms. The lowest BCUT2D eigenvalue weighted by atomic mass is 10.0. The lowest BCUT2D eigenvalue weighted by Crippen LogP contribution is -2.42. The van der Waals surface area contributed by atoms with Crippen LogP contribution < -0.4 is 5.73 Å². The highest BCUT2D eigenvalue weighted by atomic mass is 16.3. The number of furan rings is 1. The average Bonchev–Trinajstić information content (AvgIpc) is 2.68. The van der Waals surface area contributed by atoms with E-state index >= 15 is 0 Å². The zero-order chi connectivity index (χ0) is 12.1. The van der Waals surface area contributed by atoms with Gasteiger partial charge in [-0.15, -0.1) is 0 Å². The Labute approximate surface area is 96.4 Å². The minimum Gasteiger partial charge on any atom is -0.472 e. The molecule has 1 aromatic heterocycles. The van der Waals surface area contributed by atoms with Crippen molar-refractivity contribution in [3.05, 3.63) is 24.2 Å². The van der Waals surface area contributed by atoms with Gasteiger partial charge in [-0.1, -0.05) is 13.8 Å². The van der Waals surface area contributed by atoms with Crippen LogP contribution in [0.5, 0.6) is 0 Å². The van der Waals surface area contributed by atoms with Crippen LogP contribution in [0, 0.1) is 5.92 Å². The van der Waals surface area contributed by atoms with Gasteiger partial charge in [-0.3, -0.25) is 4.79 Å². The highest BCUT2D eigenvalue weighted by Gasteiger charge is 2.19. The van der Waals surface area contributed by atoms with Gasteiger partial charge in [0.25, 0.3) is 0 Å². The van der Waals surface area contributed by atoms with E-state index in [1.807, 2.05) is 6.07 Å². The molecule has 0 aromatic carbocycles. The van der Waals surface area contributed by atoms with Crippen LogP contribution in [-0.2, 0) is 11.3 Å². The van der Waals surface area contributed by atoms with E-state index in [9.17, 15) is 4.79 Å². The molecule has 1 rings (SSSR count).